The molecule has 1 radical (unpaired) electrons. The van der Waals surface area contributed by atoms with Crippen molar-refractivity contribution in [2.45, 2.75) is 11.8 Å². The summed E-state index contributed by atoms with van der Waals surface area (Å²) in [6, 6.07) is 7.42. The van der Waals surface area contributed by atoms with Crippen molar-refractivity contribution < 1.29 is 4.92 Å². The Morgan fingerprint density at radius 1 is 1.75 bits per heavy atom. The van der Waals surface area contributed by atoms with Crippen LogP contribution in [0.3, 0.4) is 0 Å². The maximum absolute atomic E-state index is 10.5. The van der Waals surface area contributed by atoms with Gasteiger partial charge < -0.3 is 0 Å². The number of halogens is 1. The summed E-state index contributed by atoms with van der Waals surface area (Å²) in [5, 5.41) is 10.5. The standard InChI is InChI=1S/C8H7BrNO2/c1-6(9)7-4-2-3-5-8(7)10(11)12/h3-6H,1H3. The maximum atomic E-state index is 10.5. The summed E-state index contributed by atoms with van der Waals surface area (Å²) >= 11 is 3.28. The van der Waals surface area contributed by atoms with E-state index in [9.17, 15) is 10.1 Å². The summed E-state index contributed by atoms with van der Waals surface area (Å²) in [4.78, 5) is 10.1. The van der Waals surface area contributed by atoms with Crippen molar-refractivity contribution in [3.8, 4) is 0 Å². The van der Waals surface area contributed by atoms with Crippen LogP contribution in [0.5, 0.6) is 0 Å². The van der Waals surface area contributed by atoms with Crippen LogP contribution in [-0.4, -0.2) is 4.92 Å². The van der Waals surface area contributed by atoms with Crippen LogP contribution in [-0.2, 0) is 0 Å². The molecular formula is C8H7BrNO2. The number of benzene rings is 1. The van der Waals surface area contributed by atoms with E-state index in [-0.39, 0.29) is 15.4 Å². The molecule has 63 valence electrons. The molecule has 3 nitrogen and oxygen atoms in total. The second-order valence-electron chi connectivity index (χ2n) is 2.36. The van der Waals surface area contributed by atoms with Crippen LogP contribution in [0.25, 0.3) is 0 Å². The first-order chi connectivity index (χ1) is 5.63. The third-order valence-corrected chi connectivity index (χ3v) is 1.99. The molecule has 4 heteroatoms. The Hall–Kier alpha value is -0.900. The van der Waals surface area contributed by atoms with Gasteiger partial charge in [-0.3, -0.25) is 10.1 Å². The zero-order chi connectivity index (χ0) is 9.14. The van der Waals surface area contributed by atoms with Gasteiger partial charge in [0.2, 0.25) is 0 Å². The Bertz CT molecular complexity index is 299. The first kappa shape index (κ1) is 9.19. The van der Waals surface area contributed by atoms with Crippen molar-refractivity contribution in [1.82, 2.24) is 0 Å². The van der Waals surface area contributed by atoms with Crippen LogP contribution in [0.4, 0.5) is 5.69 Å². The van der Waals surface area contributed by atoms with E-state index >= 15 is 0 Å². The van der Waals surface area contributed by atoms with Gasteiger partial charge in [0.05, 0.1) is 4.92 Å². The van der Waals surface area contributed by atoms with Crippen molar-refractivity contribution in [2.24, 2.45) is 0 Å². The first-order valence-electron chi connectivity index (χ1n) is 3.41. The lowest BCUT2D eigenvalue weighted by atomic mass is 10.1. The minimum absolute atomic E-state index is 0.0182. The lowest BCUT2D eigenvalue weighted by Crippen LogP contribution is -1.94. The molecule has 0 spiro atoms. The van der Waals surface area contributed by atoms with E-state index in [1.807, 2.05) is 6.92 Å². The molecule has 0 saturated carbocycles. The summed E-state index contributed by atoms with van der Waals surface area (Å²) in [7, 11) is 0. The van der Waals surface area contributed by atoms with E-state index < -0.39 is 0 Å². The molecule has 0 fully saturated rings. The first-order valence-corrected chi connectivity index (χ1v) is 4.33. The van der Waals surface area contributed by atoms with E-state index in [1.54, 1.807) is 6.07 Å². The predicted octanol–water partition coefficient (Wildman–Crippen LogP) is 2.85. The van der Waals surface area contributed by atoms with Gasteiger partial charge in [-0.05, 0) is 25.1 Å². The Balaban J connectivity index is 3.17. The lowest BCUT2D eigenvalue weighted by molar-refractivity contribution is -0.385. The number of nitro groups is 1. The summed E-state index contributed by atoms with van der Waals surface area (Å²) in [5.41, 5.74) is 0.792. The van der Waals surface area contributed by atoms with Gasteiger partial charge >= 0.3 is 0 Å². The highest BCUT2D eigenvalue weighted by Crippen LogP contribution is 2.29. The summed E-state index contributed by atoms with van der Waals surface area (Å²) in [6.07, 6.45) is 0. The highest BCUT2D eigenvalue weighted by atomic mass is 79.9. The minimum atomic E-state index is -0.388. The number of hydrogen-bond donors (Lipinski definition) is 0. The second-order valence-corrected chi connectivity index (χ2v) is 3.73. The minimum Gasteiger partial charge on any atom is -0.258 e. The van der Waals surface area contributed by atoms with E-state index in [4.69, 9.17) is 0 Å². The zero-order valence-corrected chi connectivity index (χ0v) is 8.04. The smallest absolute Gasteiger partial charge is 0.258 e. The third kappa shape index (κ3) is 1.82. The molecule has 0 N–H and O–H groups in total. The van der Waals surface area contributed by atoms with Gasteiger partial charge in [-0.1, -0.05) is 15.9 Å². The molecule has 1 atom stereocenters. The lowest BCUT2D eigenvalue weighted by Gasteiger charge is -2.02. The van der Waals surface area contributed by atoms with Gasteiger partial charge in [0, 0.05) is 16.5 Å². The van der Waals surface area contributed by atoms with Crippen molar-refractivity contribution in [3.63, 3.8) is 0 Å². The molecule has 12 heavy (non-hydrogen) atoms. The van der Waals surface area contributed by atoms with Crippen LogP contribution in [0.15, 0.2) is 18.2 Å². The highest BCUT2D eigenvalue weighted by Gasteiger charge is 2.15. The fourth-order valence-electron chi connectivity index (χ4n) is 0.920. The molecule has 1 aromatic carbocycles. The van der Waals surface area contributed by atoms with Gasteiger partial charge in [0.25, 0.3) is 5.69 Å². The SMILES string of the molecule is CC(Br)c1c[c]ccc1[N+](=O)[O-]. The average molecular weight is 229 g/mol. The fraction of sp³-hybridized carbons (Fsp3) is 0.250. The zero-order valence-electron chi connectivity index (χ0n) is 6.45. The average Bonchev–Trinajstić information content (AvgIpc) is 2.04. The molecule has 1 aromatic rings. The van der Waals surface area contributed by atoms with Crippen molar-refractivity contribution >= 4 is 21.6 Å². The van der Waals surface area contributed by atoms with Crippen molar-refractivity contribution in [2.75, 3.05) is 0 Å². The van der Waals surface area contributed by atoms with Gasteiger partial charge in [0.15, 0.2) is 0 Å². The molecule has 1 rings (SSSR count). The van der Waals surface area contributed by atoms with Gasteiger partial charge in [-0.15, -0.1) is 0 Å². The maximum Gasteiger partial charge on any atom is 0.273 e. The quantitative estimate of drug-likeness (QED) is 0.444. The van der Waals surface area contributed by atoms with Crippen LogP contribution in [0.2, 0.25) is 0 Å². The van der Waals surface area contributed by atoms with Crippen molar-refractivity contribution in [3.05, 3.63) is 39.9 Å². The molecule has 0 saturated heterocycles. The van der Waals surface area contributed by atoms with Gasteiger partial charge in [0.1, 0.15) is 0 Å². The predicted molar refractivity (Wildman–Crippen MR) is 49.3 cm³/mol. The molecule has 0 amide bonds. The van der Waals surface area contributed by atoms with Crippen molar-refractivity contribution in [1.29, 1.82) is 0 Å². The Morgan fingerprint density at radius 2 is 2.42 bits per heavy atom. The monoisotopic (exact) mass is 228 g/mol. The van der Waals surface area contributed by atoms with Gasteiger partial charge in [-0.25, -0.2) is 0 Å². The van der Waals surface area contributed by atoms with E-state index in [2.05, 4.69) is 22.0 Å². The fourth-order valence-corrected chi connectivity index (χ4v) is 1.29. The molecule has 0 aliphatic carbocycles. The van der Waals surface area contributed by atoms with Gasteiger partial charge in [-0.2, -0.15) is 0 Å². The molecule has 1 unspecified atom stereocenters. The number of nitrogens with zero attached hydrogens (tertiary/aromatic N) is 1. The molecule has 0 aromatic heterocycles. The second kappa shape index (κ2) is 3.67. The molecule has 0 aliphatic heterocycles. The summed E-state index contributed by atoms with van der Waals surface area (Å²) in [6.45, 7) is 1.84. The Morgan fingerprint density at radius 3 is 2.83 bits per heavy atom. The van der Waals surface area contributed by atoms with Crippen LogP contribution in [0.1, 0.15) is 17.3 Å². The normalized spacial score (nSPS) is 12.5. The highest BCUT2D eigenvalue weighted by molar-refractivity contribution is 9.09. The number of rotatable bonds is 2. The molecule has 0 bridgehead atoms. The summed E-state index contributed by atoms with van der Waals surface area (Å²) < 4.78 is 0. The Labute approximate surface area is 78.7 Å². The van der Waals surface area contributed by atoms with E-state index in [0.717, 1.165) is 0 Å². The molecule has 0 aliphatic rings. The third-order valence-electron chi connectivity index (χ3n) is 1.50. The number of hydrogen-bond acceptors (Lipinski definition) is 2. The van der Waals surface area contributed by atoms with Crippen LogP contribution >= 0.6 is 15.9 Å². The topological polar surface area (TPSA) is 43.1 Å². The number of alkyl halides is 1. The van der Waals surface area contributed by atoms with Crippen LogP contribution < -0.4 is 0 Å². The van der Waals surface area contributed by atoms with E-state index in [0.29, 0.717) is 5.56 Å². The largest absolute Gasteiger partial charge is 0.273 e. The molecular weight excluding hydrogens is 222 g/mol. The molecule has 0 heterocycles. The number of nitro benzene ring substituents is 1. The Kier molecular flexibility index (Phi) is 2.81. The van der Waals surface area contributed by atoms with Crippen LogP contribution in [0, 0.1) is 16.2 Å². The van der Waals surface area contributed by atoms with E-state index in [1.165, 1.54) is 12.1 Å². The summed E-state index contributed by atoms with van der Waals surface area (Å²) in [5.74, 6) is 0.